The molecule has 0 aliphatic rings. The van der Waals surface area contributed by atoms with Crippen molar-refractivity contribution in [3.8, 4) is 16.5 Å². The zero-order chi connectivity index (χ0) is 15.9. The summed E-state index contributed by atoms with van der Waals surface area (Å²) in [6.07, 6.45) is 6.01. The quantitative estimate of drug-likeness (QED) is 0.584. The molecule has 0 aliphatic carbocycles. The van der Waals surface area contributed by atoms with Gasteiger partial charge in [-0.25, -0.2) is 0 Å². The first-order valence-corrected chi connectivity index (χ1v) is 9.09. The van der Waals surface area contributed by atoms with Gasteiger partial charge >= 0.3 is 0 Å². The average molecular weight is 311 g/mol. The number of rotatable bonds is 7. The summed E-state index contributed by atoms with van der Waals surface area (Å²) < 4.78 is 0. The monoisotopic (exact) mass is 311 g/mol. The molecule has 0 aliphatic heterocycles. The van der Waals surface area contributed by atoms with Crippen LogP contribution in [0.5, 0.6) is 0 Å². The van der Waals surface area contributed by atoms with E-state index in [1.165, 1.54) is 46.6 Å². The Morgan fingerprint density at radius 3 is 2.59 bits per heavy atom. The van der Waals surface area contributed by atoms with Crippen LogP contribution in [0, 0.1) is 24.2 Å². The van der Waals surface area contributed by atoms with Crippen LogP contribution in [0.15, 0.2) is 30.3 Å². The van der Waals surface area contributed by atoms with E-state index in [0.29, 0.717) is 5.92 Å². The predicted molar refractivity (Wildman–Crippen MR) is 96.2 cm³/mol. The van der Waals surface area contributed by atoms with Crippen LogP contribution in [-0.2, 0) is 6.42 Å². The number of hydrogen-bond acceptors (Lipinski definition) is 2. The van der Waals surface area contributed by atoms with Gasteiger partial charge < -0.3 is 0 Å². The summed E-state index contributed by atoms with van der Waals surface area (Å²) in [5.74, 6) is 0.687. The van der Waals surface area contributed by atoms with Crippen LogP contribution in [0.1, 0.15) is 55.5 Å². The van der Waals surface area contributed by atoms with Gasteiger partial charge in [0.15, 0.2) is 0 Å². The molecule has 0 saturated heterocycles. The highest BCUT2D eigenvalue weighted by Gasteiger charge is 2.12. The molecule has 0 amide bonds. The van der Waals surface area contributed by atoms with Crippen molar-refractivity contribution >= 4 is 11.3 Å². The Balaban J connectivity index is 2.26. The van der Waals surface area contributed by atoms with Crippen LogP contribution in [0.3, 0.4) is 0 Å². The summed E-state index contributed by atoms with van der Waals surface area (Å²) >= 11 is 1.82. The molecule has 2 heteroatoms. The minimum Gasteiger partial charge on any atom is -0.192 e. The van der Waals surface area contributed by atoms with Gasteiger partial charge in [0, 0.05) is 9.75 Å². The highest BCUT2D eigenvalue weighted by Crippen LogP contribution is 2.30. The molecule has 1 unspecified atom stereocenters. The third-order valence-electron chi connectivity index (χ3n) is 4.30. The van der Waals surface area contributed by atoms with Gasteiger partial charge in [-0.15, -0.1) is 11.3 Å². The molecule has 0 bridgehead atoms. The molecule has 2 rings (SSSR count). The zero-order valence-corrected chi connectivity index (χ0v) is 14.7. The second kappa shape index (κ2) is 8.15. The number of benzene rings is 1. The Hall–Kier alpha value is -1.59. The first-order chi connectivity index (χ1) is 10.7. The lowest BCUT2D eigenvalue weighted by Gasteiger charge is -2.16. The van der Waals surface area contributed by atoms with E-state index in [9.17, 15) is 5.26 Å². The largest absolute Gasteiger partial charge is 0.192 e. The number of unbranched alkanes of at least 4 members (excludes halogenated alkanes) is 1. The Morgan fingerprint density at radius 1 is 1.18 bits per heavy atom. The molecule has 0 fully saturated rings. The van der Waals surface area contributed by atoms with Crippen LogP contribution in [-0.4, -0.2) is 0 Å². The molecule has 2 aromatic rings. The van der Waals surface area contributed by atoms with Crippen LogP contribution >= 0.6 is 11.3 Å². The molecule has 1 heterocycles. The smallest absolute Gasteiger partial charge is 0.0994 e. The van der Waals surface area contributed by atoms with Crippen LogP contribution in [0.25, 0.3) is 10.4 Å². The van der Waals surface area contributed by atoms with Crippen molar-refractivity contribution in [2.45, 2.75) is 52.9 Å². The first-order valence-electron chi connectivity index (χ1n) is 8.27. The summed E-state index contributed by atoms with van der Waals surface area (Å²) in [5.41, 5.74) is 3.30. The van der Waals surface area contributed by atoms with Crippen molar-refractivity contribution in [2.24, 2.45) is 5.92 Å². The van der Waals surface area contributed by atoms with Crippen molar-refractivity contribution in [3.63, 3.8) is 0 Å². The molecule has 0 spiro atoms. The molecule has 0 radical (unpaired) electrons. The second-order valence-corrected chi connectivity index (χ2v) is 7.30. The molecule has 0 N–H and O–H groups in total. The van der Waals surface area contributed by atoms with E-state index in [4.69, 9.17) is 0 Å². The molecule has 116 valence electrons. The Morgan fingerprint density at radius 2 is 2.00 bits per heavy atom. The molecular formula is C20H25NS. The number of nitriles is 1. The fourth-order valence-electron chi connectivity index (χ4n) is 2.87. The first kappa shape index (κ1) is 16.8. The van der Waals surface area contributed by atoms with Crippen molar-refractivity contribution < 1.29 is 0 Å². The van der Waals surface area contributed by atoms with E-state index < -0.39 is 0 Å². The predicted octanol–water partition coefficient (Wildman–Crippen LogP) is 6.35. The molecule has 22 heavy (non-hydrogen) atoms. The van der Waals surface area contributed by atoms with Gasteiger partial charge in [-0.3, -0.25) is 0 Å². The molecule has 1 nitrogen and oxygen atoms in total. The Labute approximate surface area is 138 Å². The maximum absolute atomic E-state index is 9.40. The van der Waals surface area contributed by atoms with Crippen molar-refractivity contribution in [3.05, 3.63) is 46.3 Å². The van der Waals surface area contributed by atoms with E-state index in [1.54, 1.807) is 0 Å². The maximum atomic E-state index is 9.40. The number of thiophene rings is 1. The SMILES string of the molecule is CCCCC(CC)Cc1cc(-c2ccc(C)s2)ccc1C#N. The minimum atomic E-state index is 0.687. The highest BCUT2D eigenvalue weighted by atomic mass is 32.1. The average Bonchev–Trinajstić information content (AvgIpc) is 2.97. The van der Waals surface area contributed by atoms with E-state index in [2.05, 4.69) is 51.1 Å². The van der Waals surface area contributed by atoms with Gasteiger partial charge in [-0.1, -0.05) is 45.6 Å². The fraction of sp³-hybridized carbons (Fsp3) is 0.450. The lowest BCUT2D eigenvalue weighted by atomic mass is 9.89. The molecule has 1 aromatic heterocycles. The Kier molecular flexibility index (Phi) is 6.21. The van der Waals surface area contributed by atoms with Gasteiger partial charge in [0.05, 0.1) is 11.6 Å². The summed E-state index contributed by atoms with van der Waals surface area (Å²) in [6, 6.07) is 13.0. The number of nitrogens with zero attached hydrogens (tertiary/aromatic N) is 1. The summed E-state index contributed by atoms with van der Waals surface area (Å²) in [6.45, 7) is 6.64. The summed E-state index contributed by atoms with van der Waals surface area (Å²) in [5, 5.41) is 9.40. The third kappa shape index (κ3) is 4.21. The van der Waals surface area contributed by atoms with Crippen molar-refractivity contribution in [1.82, 2.24) is 0 Å². The summed E-state index contributed by atoms with van der Waals surface area (Å²) in [7, 11) is 0. The topological polar surface area (TPSA) is 23.8 Å². The lowest BCUT2D eigenvalue weighted by Crippen LogP contribution is -2.05. The van der Waals surface area contributed by atoms with Crippen molar-refractivity contribution in [2.75, 3.05) is 0 Å². The molecule has 1 aromatic carbocycles. The van der Waals surface area contributed by atoms with Gasteiger partial charge in [0.1, 0.15) is 0 Å². The van der Waals surface area contributed by atoms with Crippen molar-refractivity contribution in [1.29, 1.82) is 5.26 Å². The zero-order valence-electron chi connectivity index (χ0n) is 13.9. The van der Waals surface area contributed by atoms with Gasteiger partial charge in [-0.05, 0) is 54.7 Å². The lowest BCUT2D eigenvalue weighted by molar-refractivity contribution is 0.449. The molecular weight excluding hydrogens is 286 g/mol. The van der Waals surface area contributed by atoms with Gasteiger partial charge in [-0.2, -0.15) is 5.26 Å². The molecule has 1 atom stereocenters. The van der Waals surface area contributed by atoms with E-state index in [0.717, 1.165) is 12.0 Å². The number of hydrogen-bond donors (Lipinski definition) is 0. The standard InChI is InChI=1S/C20H25NS/c1-4-6-7-16(5-2)12-19-13-17(9-10-18(19)14-21)20-11-8-15(3)22-20/h8-11,13,16H,4-7,12H2,1-3H3. The number of aryl methyl sites for hydroxylation is 1. The van der Waals surface area contributed by atoms with E-state index in [-0.39, 0.29) is 0 Å². The Bertz CT molecular complexity index is 648. The van der Waals surface area contributed by atoms with Gasteiger partial charge in [0.2, 0.25) is 0 Å². The van der Waals surface area contributed by atoms with Crippen LogP contribution in [0.4, 0.5) is 0 Å². The minimum absolute atomic E-state index is 0.687. The normalized spacial score (nSPS) is 12.1. The second-order valence-electron chi connectivity index (χ2n) is 6.01. The highest BCUT2D eigenvalue weighted by molar-refractivity contribution is 7.15. The van der Waals surface area contributed by atoms with E-state index >= 15 is 0 Å². The van der Waals surface area contributed by atoms with Crippen LogP contribution < -0.4 is 0 Å². The maximum Gasteiger partial charge on any atom is 0.0994 e. The third-order valence-corrected chi connectivity index (χ3v) is 5.35. The van der Waals surface area contributed by atoms with E-state index in [1.807, 2.05) is 17.4 Å². The van der Waals surface area contributed by atoms with Gasteiger partial charge in [0.25, 0.3) is 0 Å². The fourth-order valence-corrected chi connectivity index (χ4v) is 3.73. The summed E-state index contributed by atoms with van der Waals surface area (Å²) in [4.78, 5) is 2.63. The molecule has 0 saturated carbocycles. The van der Waals surface area contributed by atoms with Crippen LogP contribution in [0.2, 0.25) is 0 Å².